The lowest BCUT2D eigenvalue weighted by Crippen LogP contribution is -2.29. The van der Waals surface area contributed by atoms with Crippen LogP contribution in [0, 0.1) is 0 Å². The predicted molar refractivity (Wildman–Crippen MR) is 103 cm³/mol. The second kappa shape index (κ2) is 10.1. The minimum atomic E-state index is -2.91. The van der Waals surface area contributed by atoms with E-state index in [4.69, 9.17) is 27.9 Å². The molecule has 0 saturated carbocycles. The highest BCUT2D eigenvalue weighted by molar-refractivity contribution is 6.36. The van der Waals surface area contributed by atoms with Gasteiger partial charge in [0.15, 0.2) is 6.10 Å². The summed E-state index contributed by atoms with van der Waals surface area (Å²) >= 11 is 11.8. The van der Waals surface area contributed by atoms with E-state index in [2.05, 4.69) is 10.1 Å². The topological polar surface area (TPSA) is 64.6 Å². The Labute approximate surface area is 169 Å². The monoisotopic (exact) mass is 429 g/mol. The fraction of sp³-hybridized carbons (Fsp3) is 0.158. The Bertz CT molecular complexity index is 873. The molecule has 0 aliphatic carbocycles. The van der Waals surface area contributed by atoms with Gasteiger partial charge in [-0.3, -0.25) is 4.79 Å². The molecular formula is C19H15Cl2F2NO4. The van der Waals surface area contributed by atoms with Gasteiger partial charge in [-0.05, 0) is 48.9 Å². The van der Waals surface area contributed by atoms with E-state index < -0.39 is 24.6 Å². The van der Waals surface area contributed by atoms with Gasteiger partial charge in [-0.2, -0.15) is 8.78 Å². The molecule has 28 heavy (non-hydrogen) atoms. The molecule has 0 aromatic heterocycles. The summed E-state index contributed by atoms with van der Waals surface area (Å²) < 4.78 is 33.4. The fourth-order valence-corrected chi connectivity index (χ4v) is 2.47. The molecule has 0 aliphatic rings. The summed E-state index contributed by atoms with van der Waals surface area (Å²) in [6.45, 7) is -1.51. The number of carbonyl (C=O) groups is 2. The summed E-state index contributed by atoms with van der Waals surface area (Å²) in [5, 5.41) is 3.20. The van der Waals surface area contributed by atoms with Crippen molar-refractivity contribution in [3.05, 3.63) is 64.1 Å². The van der Waals surface area contributed by atoms with Gasteiger partial charge in [-0.1, -0.05) is 35.3 Å². The lowest BCUT2D eigenvalue weighted by Gasteiger charge is -2.13. The van der Waals surface area contributed by atoms with Gasteiger partial charge >= 0.3 is 12.6 Å². The van der Waals surface area contributed by atoms with Crippen LogP contribution in [0.1, 0.15) is 12.5 Å². The van der Waals surface area contributed by atoms with Gasteiger partial charge in [-0.25, -0.2) is 4.79 Å². The minimum Gasteiger partial charge on any atom is -0.449 e. The lowest BCUT2D eigenvalue weighted by atomic mass is 10.2. The molecule has 0 heterocycles. The van der Waals surface area contributed by atoms with Crippen LogP contribution in [0.15, 0.2) is 48.5 Å². The molecular weight excluding hydrogens is 415 g/mol. The largest absolute Gasteiger partial charge is 0.449 e. The van der Waals surface area contributed by atoms with Crippen LogP contribution in [0.3, 0.4) is 0 Å². The zero-order valence-electron chi connectivity index (χ0n) is 14.5. The van der Waals surface area contributed by atoms with Crippen LogP contribution in [0.4, 0.5) is 14.5 Å². The number of anilines is 1. The number of alkyl halides is 2. The summed E-state index contributed by atoms with van der Waals surface area (Å²) in [7, 11) is 0. The summed E-state index contributed by atoms with van der Waals surface area (Å²) in [5.41, 5.74) is 0.893. The molecule has 0 aliphatic heterocycles. The first-order valence-electron chi connectivity index (χ1n) is 7.94. The highest BCUT2D eigenvalue weighted by Gasteiger charge is 2.17. The Hall–Kier alpha value is -2.64. The lowest BCUT2D eigenvalue weighted by molar-refractivity contribution is -0.148. The van der Waals surface area contributed by atoms with Gasteiger partial charge in [0, 0.05) is 11.1 Å². The third-order valence-electron chi connectivity index (χ3n) is 3.37. The first kappa shape index (κ1) is 21.7. The van der Waals surface area contributed by atoms with Crippen molar-refractivity contribution in [1.82, 2.24) is 0 Å². The van der Waals surface area contributed by atoms with Crippen molar-refractivity contribution in [2.45, 2.75) is 19.6 Å². The van der Waals surface area contributed by atoms with Gasteiger partial charge in [0.05, 0.1) is 10.7 Å². The van der Waals surface area contributed by atoms with Crippen LogP contribution in [-0.2, 0) is 14.3 Å². The summed E-state index contributed by atoms with van der Waals surface area (Å²) in [6, 6.07) is 10.2. The smallest absolute Gasteiger partial charge is 0.387 e. The van der Waals surface area contributed by atoms with Gasteiger partial charge in [0.25, 0.3) is 5.91 Å². The first-order chi connectivity index (χ1) is 13.2. The van der Waals surface area contributed by atoms with E-state index in [9.17, 15) is 18.4 Å². The summed E-state index contributed by atoms with van der Waals surface area (Å²) in [5.74, 6) is -1.32. The molecule has 0 radical (unpaired) electrons. The fourth-order valence-electron chi connectivity index (χ4n) is 2.02. The number of carbonyl (C=O) groups excluding carboxylic acids is 2. The van der Waals surface area contributed by atoms with Crippen molar-refractivity contribution in [3.8, 4) is 5.75 Å². The maximum Gasteiger partial charge on any atom is 0.387 e. The van der Waals surface area contributed by atoms with Crippen molar-refractivity contribution in [1.29, 1.82) is 0 Å². The third kappa shape index (κ3) is 6.83. The zero-order chi connectivity index (χ0) is 20.7. The average molecular weight is 430 g/mol. The molecule has 2 aromatic rings. The standard InChI is InChI=1S/C19H15Cl2F2NO4/c1-11(18(26)24-16-8-5-13(20)10-15(16)21)27-17(25)9-4-12-2-6-14(7-3-12)28-19(22)23/h2-11,19H,1H3,(H,24,26)/b9-4+/t11-/m0/s1. The number of ether oxygens (including phenoxy) is 2. The number of benzene rings is 2. The van der Waals surface area contributed by atoms with Crippen molar-refractivity contribution < 1.29 is 27.8 Å². The Kier molecular flexibility index (Phi) is 7.78. The Morgan fingerprint density at radius 3 is 2.39 bits per heavy atom. The van der Waals surface area contributed by atoms with Gasteiger partial charge in [-0.15, -0.1) is 0 Å². The number of hydrogen-bond acceptors (Lipinski definition) is 4. The van der Waals surface area contributed by atoms with Crippen LogP contribution in [0.2, 0.25) is 10.0 Å². The summed E-state index contributed by atoms with van der Waals surface area (Å²) in [6.07, 6.45) is 1.45. The molecule has 0 unspecified atom stereocenters. The summed E-state index contributed by atoms with van der Waals surface area (Å²) in [4.78, 5) is 24.0. The number of rotatable bonds is 7. The minimum absolute atomic E-state index is 0.000815. The van der Waals surface area contributed by atoms with Crippen molar-refractivity contribution in [2.75, 3.05) is 5.32 Å². The van der Waals surface area contributed by atoms with E-state index in [1.807, 2.05) is 0 Å². The second-order valence-electron chi connectivity index (χ2n) is 5.47. The van der Waals surface area contributed by atoms with Crippen LogP contribution in [-0.4, -0.2) is 24.6 Å². The highest BCUT2D eigenvalue weighted by atomic mass is 35.5. The molecule has 2 rings (SSSR count). The van der Waals surface area contributed by atoms with Crippen molar-refractivity contribution in [3.63, 3.8) is 0 Å². The number of halogens is 4. The molecule has 0 fully saturated rings. The van der Waals surface area contributed by atoms with E-state index >= 15 is 0 Å². The molecule has 0 spiro atoms. The molecule has 1 amide bonds. The predicted octanol–water partition coefficient (Wildman–Crippen LogP) is 5.18. The number of amides is 1. The second-order valence-corrected chi connectivity index (χ2v) is 6.32. The SMILES string of the molecule is C[C@H](OC(=O)/C=C/c1ccc(OC(F)F)cc1)C(=O)Nc1ccc(Cl)cc1Cl. The molecule has 1 atom stereocenters. The van der Waals surface area contributed by atoms with E-state index in [0.29, 0.717) is 16.3 Å². The van der Waals surface area contributed by atoms with E-state index in [-0.39, 0.29) is 10.8 Å². The molecule has 5 nitrogen and oxygen atoms in total. The number of esters is 1. The first-order valence-corrected chi connectivity index (χ1v) is 8.69. The molecule has 0 bridgehead atoms. The zero-order valence-corrected chi connectivity index (χ0v) is 16.0. The number of hydrogen-bond donors (Lipinski definition) is 1. The van der Waals surface area contributed by atoms with Gasteiger partial charge in [0.1, 0.15) is 5.75 Å². The average Bonchev–Trinajstić information content (AvgIpc) is 2.63. The maximum absolute atomic E-state index is 12.1. The van der Waals surface area contributed by atoms with E-state index in [1.54, 1.807) is 6.07 Å². The van der Waals surface area contributed by atoms with Crippen molar-refractivity contribution >= 4 is 46.8 Å². The third-order valence-corrected chi connectivity index (χ3v) is 3.92. The van der Waals surface area contributed by atoms with Crippen LogP contribution in [0.5, 0.6) is 5.75 Å². The van der Waals surface area contributed by atoms with Crippen molar-refractivity contribution in [2.24, 2.45) is 0 Å². The molecule has 1 N–H and O–H groups in total. The van der Waals surface area contributed by atoms with Crippen LogP contribution in [0.25, 0.3) is 6.08 Å². The van der Waals surface area contributed by atoms with Crippen LogP contribution >= 0.6 is 23.2 Å². The quantitative estimate of drug-likeness (QED) is 0.486. The maximum atomic E-state index is 12.1. The van der Waals surface area contributed by atoms with Gasteiger partial charge < -0.3 is 14.8 Å². The molecule has 0 saturated heterocycles. The van der Waals surface area contributed by atoms with Gasteiger partial charge in [0.2, 0.25) is 0 Å². The highest BCUT2D eigenvalue weighted by Crippen LogP contribution is 2.25. The Morgan fingerprint density at radius 1 is 1.11 bits per heavy atom. The Balaban J connectivity index is 1.88. The number of nitrogens with one attached hydrogen (secondary N) is 1. The van der Waals surface area contributed by atoms with Crippen LogP contribution < -0.4 is 10.1 Å². The Morgan fingerprint density at radius 2 is 1.79 bits per heavy atom. The normalized spacial score (nSPS) is 12.1. The molecule has 148 valence electrons. The molecule has 9 heteroatoms. The molecule has 2 aromatic carbocycles. The van der Waals surface area contributed by atoms with E-state index in [0.717, 1.165) is 6.08 Å². The van der Waals surface area contributed by atoms with E-state index in [1.165, 1.54) is 49.4 Å².